The van der Waals surface area contributed by atoms with Crippen molar-refractivity contribution in [1.29, 1.82) is 0 Å². The number of likely N-dealkylation sites (tertiary alicyclic amines) is 1. The van der Waals surface area contributed by atoms with Crippen LogP contribution in [0.5, 0.6) is 0 Å². The summed E-state index contributed by atoms with van der Waals surface area (Å²) < 4.78 is 0. The summed E-state index contributed by atoms with van der Waals surface area (Å²) in [5.74, 6) is 3.98. The number of guanidine groups is 1. The van der Waals surface area contributed by atoms with Crippen molar-refractivity contribution in [1.82, 2.24) is 15.5 Å². The zero-order chi connectivity index (χ0) is 14.9. The van der Waals surface area contributed by atoms with Crippen LogP contribution >= 0.6 is 24.0 Å². The van der Waals surface area contributed by atoms with Crippen molar-refractivity contribution in [3.05, 3.63) is 0 Å². The summed E-state index contributed by atoms with van der Waals surface area (Å²) in [7, 11) is 1.91. The summed E-state index contributed by atoms with van der Waals surface area (Å²) in [4.78, 5) is 7.15. The molecule has 3 saturated carbocycles. The lowest BCUT2D eigenvalue weighted by Crippen LogP contribution is -2.49. The van der Waals surface area contributed by atoms with Crippen molar-refractivity contribution in [2.45, 2.75) is 63.5 Å². The fourth-order valence-electron chi connectivity index (χ4n) is 4.22. The van der Waals surface area contributed by atoms with Gasteiger partial charge in [0.25, 0.3) is 0 Å². The molecule has 1 saturated heterocycles. The van der Waals surface area contributed by atoms with Gasteiger partial charge >= 0.3 is 0 Å². The van der Waals surface area contributed by atoms with Crippen LogP contribution in [0.2, 0.25) is 0 Å². The van der Waals surface area contributed by atoms with E-state index in [1.54, 1.807) is 0 Å². The lowest BCUT2D eigenvalue weighted by molar-refractivity contribution is 0.197. The van der Waals surface area contributed by atoms with Crippen molar-refractivity contribution < 1.29 is 0 Å². The molecule has 132 valence electrons. The van der Waals surface area contributed by atoms with E-state index in [1.807, 2.05) is 7.05 Å². The highest BCUT2D eigenvalue weighted by Gasteiger charge is 2.41. The maximum atomic E-state index is 4.46. The Morgan fingerprint density at radius 1 is 1.00 bits per heavy atom. The molecule has 23 heavy (non-hydrogen) atoms. The maximum absolute atomic E-state index is 4.46. The highest BCUT2D eigenvalue weighted by Crippen LogP contribution is 2.48. The number of nitrogens with one attached hydrogen (secondary N) is 2. The van der Waals surface area contributed by atoms with E-state index in [9.17, 15) is 0 Å². The Morgan fingerprint density at radius 3 is 2.09 bits per heavy atom. The van der Waals surface area contributed by atoms with Crippen LogP contribution in [0.3, 0.4) is 0 Å². The third-order valence-corrected chi connectivity index (χ3v) is 6.12. The van der Waals surface area contributed by atoms with E-state index < -0.39 is 0 Å². The van der Waals surface area contributed by atoms with Crippen LogP contribution in [0.1, 0.15) is 51.4 Å². The summed E-state index contributed by atoms with van der Waals surface area (Å²) in [6, 6.07) is 1.54. The van der Waals surface area contributed by atoms with Crippen LogP contribution in [0, 0.1) is 17.8 Å². The molecule has 4 nitrogen and oxygen atoms in total. The number of hydrogen-bond donors (Lipinski definition) is 2. The number of halogens is 1. The molecule has 1 heterocycles. The Morgan fingerprint density at radius 2 is 1.61 bits per heavy atom. The fraction of sp³-hybridized carbons (Fsp3) is 0.944. The first-order valence-electron chi connectivity index (χ1n) is 9.54. The van der Waals surface area contributed by atoms with E-state index in [-0.39, 0.29) is 24.0 Å². The Kier molecular flexibility index (Phi) is 6.10. The highest BCUT2D eigenvalue weighted by atomic mass is 127. The molecule has 2 N–H and O–H groups in total. The topological polar surface area (TPSA) is 39.7 Å². The predicted molar refractivity (Wildman–Crippen MR) is 106 cm³/mol. The Labute approximate surface area is 158 Å². The fourth-order valence-corrected chi connectivity index (χ4v) is 4.22. The van der Waals surface area contributed by atoms with Crippen LogP contribution in [-0.4, -0.2) is 49.6 Å². The zero-order valence-corrected chi connectivity index (χ0v) is 16.8. The van der Waals surface area contributed by atoms with Crippen molar-refractivity contribution >= 4 is 29.9 Å². The minimum absolute atomic E-state index is 0. The molecule has 4 aliphatic rings. The molecular formula is C18H33IN4. The second kappa shape index (κ2) is 7.89. The second-order valence-corrected chi connectivity index (χ2v) is 7.98. The zero-order valence-electron chi connectivity index (χ0n) is 14.5. The molecular weight excluding hydrogens is 399 g/mol. The van der Waals surface area contributed by atoms with Crippen LogP contribution in [0.4, 0.5) is 0 Å². The molecule has 3 aliphatic carbocycles. The minimum Gasteiger partial charge on any atom is -0.356 e. The van der Waals surface area contributed by atoms with Crippen molar-refractivity contribution in [3.8, 4) is 0 Å². The molecule has 0 unspecified atom stereocenters. The van der Waals surface area contributed by atoms with Gasteiger partial charge in [0.2, 0.25) is 0 Å². The summed E-state index contributed by atoms with van der Waals surface area (Å²) in [5.41, 5.74) is 0. The van der Waals surface area contributed by atoms with Crippen LogP contribution in [0.15, 0.2) is 4.99 Å². The number of nitrogens with zero attached hydrogens (tertiary/aromatic N) is 2. The largest absolute Gasteiger partial charge is 0.356 e. The monoisotopic (exact) mass is 432 g/mol. The van der Waals surface area contributed by atoms with Gasteiger partial charge in [0.05, 0.1) is 0 Å². The molecule has 4 fully saturated rings. The van der Waals surface area contributed by atoms with Crippen molar-refractivity contribution in [2.75, 3.05) is 26.7 Å². The van der Waals surface area contributed by atoms with Crippen LogP contribution < -0.4 is 10.6 Å². The molecule has 0 radical (unpaired) electrons. The van der Waals surface area contributed by atoms with Gasteiger partial charge in [0.15, 0.2) is 5.96 Å². The molecule has 0 atom stereocenters. The minimum atomic E-state index is 0. The predicted octanol–water partition coefficient (Wildman–Crippen LogP) is 2.83. The highest BCUT2D eigenvalue weighted by molar-refractivity contribution is 14.0. The van der Waals surface area contributed by atoms with E-state index in [4.69, 9.17) is 0 Å². The van der Waals surface area contributed by atoms with E-state index >= 15 is 0 Å². The third-order valence-electron chi connectivity index (χ3n) is 6.12. The summed E-state index contributed by atoms with van der Waals surface area (Å²) in [6.45, 7) is 3.67. The Balaban J connectivity index is 0.00000156. The SMILES string of the molecule is CN=C(NCC(C1CC1)C1CC1)NC1CCN(C2CC2)CC1.I. The molecule has 0 amide bonds. The molecule has 0 spiro atoms. The molecule has 0 bridgehead atoms. The second-order valence-electron chi connectivity index (χ2n) is 7.98. The Bertz CT molecular complexity index is 395. The first-order chi connectivity index (χ1) is 10.8. The smallest absolute Gasteiger partial charge is 0.191 e. The van der Waals surface area contributed by atoms with Gasteiger partial charge in [-0.3, -0.25) is 4.99 Å². The van der Waals surface area contributed by atoms with Gasteiger partial charge in [0, 0.05) is 38.8 Å². The van der Waals surface area contributed by atoms with Gasteiger partial charge in [-0.15, -0.1) is 24.0 Å². The normalized spacial score (nSPS) is 27.0. The van der Waals surface area contributed by atoms with Gasteiger partial charge in [-0.25, -0.2) is 0 Å². The van der Waals surface area contributed by atoms with E-state index in [2.05, 4.69) is 20.5 Å². The molecule has 0 aromatic rings. The van der Waals surface area contributed by atoms with Gasteiger partial charge in [-0.05, 0) is 69.1 Å². The average molecular weight is 432 g/mol. The van der Waals surface area contributed by atoms with E-state index in [0.717, 1.165) is 36.3 Å². The Hall–Kier alpha value is -0.0400. The lowest BCUT2D eigenvalue weighted by atomic mass is 9.98. The van der Waals surface area contributed by atoms with Gasteiger partial charge in [-0.2, -0.15) is 0 Å². The van der Waals surface area contributed by atoms with Gasteiger partial charge in [0.1, 0.15) is 0 Å². The molecule has 0 aromatic carbocycles. The quantitative estimate of drug-likeness (QED) is 0.385. The summed E-state index contributed by atoms with van der Waals surface area (Å²) >= 11 is 0. The number of rotatable bonds is 6. The van der Waals surface area contributed by atoms with Crippen LogP contribution in [-0.2, 0) is 0 Å². The third kappa shape index (κ3) is 4.97. The molecule has 0 aromatic heterocycles. The van der Waals surface area contributed by atoms with E-state index in [0.29, 0.717) is 6.04 Å². The number of piperidine rings is 1. The number of aliphatic imine (C=N–C) groups is 1. The number of hydrogen-bond acceptors (Lipinski definition) is 2. The lowest BCUT2D eigenvalue weighted by Gasteiger charge is -2.33. The van der Waals surface area contributed by atoms with Crippen LogP contribution in [0.25, 0.3) is 0 Å². The van der Waals surface area contributed by atoms with Crippen molar-refractivity contribution in [2.24, 2.45) is 22.7 Å². The molecule has 5 heteroatoms. The molecule has 1 aliphatic heterocycles. The first kappa shape index (κ1) is 17.8. The van der Waals surface area contributed by atoms with Crippen molar-refractivity contribution in [3.63, 3.8) is 0 Å². The maximum Gasteiger partial charge on any atom is 0.191 e. The summed E-state index contributed by atoms with van der Waals surface area (Å²) in [6.07, 6.45) is 11.3. The van der Waals surface area contributed by atoms with Gasteiger partial charge < -0.3 is 15.5 Å². The standard InChI is InChI=1S/C18H32N4.HI/c1-19-18(20-12-17(13-2-3-13)14-4-5-14)21-15-8-10-22(11-9-15)16-6-7-16;/h13-17H,2-12H2,1H3,(H2,19,20,21);1H. The first-order valence-corrected chi connectivity index (χ1v) is 9.54. The van der Waals surface area contributed by atoms with Gasteiger partial charge in [-0.1, -0.05) is 0 Å². The van der Waals surface area contributed by atoms with E-state index in [1.165, 1.54) is 64.5 Å². The molecule has 4 rings (SSSR count). The average Bonchev–Trinajstić information content (AvgIpc) is 3.41. The summed E-state index contributed by atoms with van der Waals surface area (Å²) in [5, 5.41) is 7.30.